The minimum atomic E-state index is -4.10. The van der Waals surface area contributed by atoms with E-state index in [-0.39, 0.29) is 19.6 Å². The van der Waals surface area contributed by atoms with Crippen LogP contribution in [0, 0.1) is 11.3 Å². The molecular weight excluding hydrogens is 505 g/mol. The summed E-state index contributed by atoms with van der Waals surface area (Å²) in [4.78, 5) is 28.3. The fourth-order valence-electron chi connectivity index (χ4n) is 3.86. The lowest BCUT2D eigenvalue weighted by Gasteiger charge is -2.29. The molecule has 15 heteroatoms. The first kappa shape index (κ1) is 28.5. The number of hydrogen-bond donors (Lipinski definition) is 3. The second kappa shape index (κ2) is 12.0. The molecule has 14 nitrogen and oxygen atoms in total. The third-order valence-electron chi connectivity index (χ3n) is 5.71. The van der Waals surface area contributed by atoms with Gasteiger partial charge in [-0.15, -0.1) is 0 Å². The van der Waals surface area contributed by atoms with E-state index in [1.165, 1.54) is 20.2 Å². The summed E-state index contributed by atoms with van der Waals surface area (Å²) in [7, 11) is -4.10. The largest absolute Gasteiger partial charge is 0.465 e. The minimum Gasteiger partial charge on any atom is -0.465 e. The summed E-state index contributed by atoms with van der Waals surface area (Å²) in [5, 5.41) is 19.4. The molecule has 3 rings (SSSR count). The molecule has 0 saturated carbocycles. The van der Waals surface area contributed by atoms with Gasteiger partial charge >= 0.3 is 19.6 Å². The second-order valence-electron chi connectivity index (χ2n) is 8.48. The van der Waals surface area contributed by atoms with Crippen molar-refractivity contribution in [2.24, 2.45) is 0 Å². The van der Waals surface area contributed by atoms with Crippen molar-refractivity contribution in [3.8, 4) is 6.07 Å². The van der Waals surface area contributed by atoms with Crippen molar-refractivity contribution in [1.29, 1.82) is 5.26 Å². The van der Waals surface area contributed by atoms with Gasteiger partial charge in [0.2, 0.25) is 0 Å². The molecular formula is C22H32N7O7P. The Kier molecular flexibility index (Phi) is 9.22. The van der Waals surface area contributed by atoms with E-state index in [2.05, 4.69) is 26.3 Å². The Hall–Kier alpha value is -3.08. The Bertz CT molecular complexity index is 1190. The number of nitriles is 1. The maximum atomic E-state index is 13.7. The lowest BCUT2D eigenvalue weighted by atomic mass is 10.0. The number of nitrogens with two attached hydrogens (primary N) is 1. The third kappa shape index (κ3) is 6.63. The zero-order chi connectivity index (χ0) is 27.2. The number of rotatable bonds is 12. The first-order chi connectivity index (χ1) is 17.6. The van der Waals surface area contributed by atoms with Crippen LogP contribution in [-0.4, -0.2) is 64.0 Å². The lowest BCUT2D eigenvalue weighted by Crippen LogP contribution is -2.43. The number of hydrogen-bond acceptors (Lipinski definition) is 11. The van der Waals surface area contributed by atoms with Crippen LogP contribution in [0.3, 0.4) is 0 Å². The maximum Gasteiger partial charge on any atom is 0.342 e. The van der Waals surface area contributed by atoms with Crippen molar-refractivity contribution in [1.82, 2.24) is 24.8 Å². The van der Waals surface area contributed by atoms with Gasteiger partial charge in [-0.3, -0.25) is 14.2 Å². The normalized spacial score (nSPS) is 21.3. The van der Waals surface area contributed by atoms with Crippen LogP contribution in [-0.2, 0) is 32.9 Å². The molecule has 37 heavy (non-hydrogen) atoms. The first-order valence-electron chi connectivity index (χ1n) is 11.9. The Morgan fingerprint density at radius 2 is 1.89 bits per heavy atom. The van der Waals surface area contributed by atoms with Gasteiger partial charge in [0.1, 0.15) is 36.1 Å². The summed E-state index contributed by atoms with van der Waals surface area (Å²) in [5.74, 6) is -1.02. The highest BCUT2D eigenvalue weighted by molar-refractivity contribution is 7.54. The summed E-state index contributed by atoms with van der Waals surface area (Å²) in [5.41, 5.74) is 5.73. The molecule has 0 aromatic carbocycles. The number of carbonyl (C=O) groups is 2. The molecule has 1 aliphatic rings. The number of anilines is 1. The smallest absolute Gasteiger partial charge is 0.342 e. The summed E-state index contributed by atoms with van der Waals surface area (Å²) in [6.45, 7) is 6.00. The molecule has 4 N–H and O–H groups in total. The average Bonchev–Trinajstić information content (AvgIpc) is 3.49. The Morgan fingerprint density at radius 1 is 1.27 bits per heavy atom. The number of ether oxygens (including phenoxy) is 3. The van der Waals surface area contributed by atoms with Crippen molar-refractivity contribution in [3.05, 3.63) is 24.2 Å². The molecule has 1 fully saturated rings. The van der Waals surface area contributed by atoms with Crippen molar-refractivity contribution in [2.75, 3.05) is 25.6 Å². The number of fused-ring (bicyclic) bond motifs is 1. The SMILES string of the molecule is CCOC(=O)[C@H](C)NP(=O)(N[C@@H](C)C(=O)OCC)OC[C@]1(C#N)CC[C@H](c2ccc3c(N)ncnn23)O1. The highest BCUT2D eigenvalue weighted by Crippen LogP contribution is 2.45. The van der Waals surface area contributed by atoms with Crippen LogP contribution in [0.1, 0.15) is 52.3 Å². The maximum absolute atomic E-state index is 13.7. The summed E-state index contributed by atoms with van der Waals surface area (Å²) in [6, 6.07) is 3.58. The molecule has 0 radical (unpaired) electrons. The van der Waals surface area contributed by atoms with E-state index < -0.39 is 50.0 Å². The molecule has 0 amide bonds. The van der Waals surface area contributed by atoms with Crippen LogP contribution in [0.15, 0.2) is 18.5 Å². The fraction of sp³-hybridized carbons (Fsp3) is 0.591. The number of nitrogens with one attached hydrogen (secondary N) is 2. The van der Waals surface area contributed by atoms with Crippen LogP contribution in [0.2, 0.25) is 0 Å². The summed E-state index contributed by atoms with van der Waals surface area (Å²) >= 11 is 0. The Morgan fingerprint density at radius 3 is 2.46 bits per heavy atom. The number of carbonyl (C=O) groups excluding carboxylic acids is 2. The molecule has 4 atom stereocenters. The van der Waals surface area contributed by atoms with Crippen molar-refractivity contribution < 1.29 is 32.9 Å². The van der Waals surface area contributed by atoms with Crippen LogP contribution in [0.25, 0.3) is 5.52 Å². The fourth-order valence-corrected chi connectivity index (χ4v) is 5.70. The number of aromatic nitrogens is 3. The monoisotopic (exact) mass is 537 g/mol. The zero-order valence-electron chi connectivity index (χ0n) is 21.2. The van der Waals surface area contributed by atoms with Gasteiger partial charge in [0.15, 0.2) is 11.4 Å². The molecule has 0 spiro atoms. The first-order valence-corrected chi connectivity index (χ1v) is 13.5. The van der Waals surface area contributed by atoms with Gasteiger partial charge in [0, 0.05) is 0 Å². The van der Waals surface area contributed by atoms with Gasteiger partial charge in [-0.25, -0.2) is 19.7 Å². The molecule has 2 aromatic heterocycles. The van der Waals surface area contributed by atoms with Crippen LogP contribution >= 0.6 is 7.67 Å². The number of nitrogens with zero attached hydrogens (tertiary/aromatic N) is 4. The minimum absolute atomic E-state index is 0.125. The van der Waals surface area contributed by atoms with Gasteiger partial charge in [-0.1, -0.05) is 0 Å². The van der Waals surface area contributed by atoms with Crippen molar-refractivity contribution >= 4 is 30.9 Å². The van der Waals surface area contributed by atoms with E-state index in [1.807, 2.05) is 0 Å². The molecule has 0 bridgehead atoms. The molecule has 1 saturated heterocycles. The Labute approximate surface area is 214 Å². The quantitative estimate of drug-likeness (QED) is 0.262. The topological polar surface area (TPSA) is 192 Å². The Balaban J connectivity index is 1.77. The van der Waals surface area contributed by atoms with Gasteiger partial charge in [-0.2, -0.15) is 10.4 Å². The predicted octanol–water partition coefficient (Wildman–Crippen LogP) is 1.63. The van der Waals surface area contributed by atoms with Gasteiger partial charge < -0.3 is 24.5 Å². The highest BCUT2D eigenvalue weighted by Gasteiger charge is 2.45. The van der Waals surface area contributed by atoms with E-state index in [1.54, 1.807) is 30.5 Å². The van der Waals surface area contributed by atoms with Gasteiger partial charge in [-0.05, 0) is 52.7 Å². The van der Waals surface area contributed by atoms with Crippen LogP contribution < -0.4 is 15.9 Å². The molecule has 3 heterocycles. The summed E-state index contributed by atoms with van der Waals surface area (Å²) in [6.07, 6.45) is 1.53. The molecule has 2 aromatic rings. The molecule has 0 aliphatic carbocycles. The number of nitrogen functional groups attached to an aromatic ring is 1. The van der Waals surface area contributed by atoms with Crippen molar-refractivity contribution in [2.45, 2.75) is 64.3 Å². The number of esters is 2. The van der Waals surface area contributed by atoms with Gasteiger partial charge in [0.25, 0.3) is 0 Å². The van der Waals surface area contributed by atoms with E-state index in [0.717, 1.165) is 0 Å². The van der Waals surface area contributed by atoms with Crippen LogP contribution in [0.5, 0.6) is 0 Å². The third-order valence-corrected chi connectivity index (χ3v) is 7.66. The standard InChI is InChI=1S/C22H32N7O7P/c1-5-33-20(30)14(3)27-37(32,28-15(4)21(31)34-6-2)35-12-22(11-23)10-9-18(36-22)16-7-8-17-19(24)25-13-26-29(16)17/h7-8,13-15,18H,5-6,9-10,12H2,1-4H3,(H2,24,25,26)(H2,27,28,32)/t14-,15-,18+,22+/m0/s1. The van der Waals surface area contributed by atoms with Gasteiger partial charge in [0.05, 0.1) is 25.5 Å². The second-order valence-corrected chi connectivity index (χ2v) is 10.4. The van der Waals surface area contributed by atoms with Crippen molar-refractivity contribution in [3.63, 3.8) is 0 Å². The zero-order valence-corrected chi connectivity index (χ0v) is 22.1. The molecule has 1 aliphatic heterocycles. The summed E-state index contributed by atoms with van der Waals surface area (Å²) < 4.78 is 37.0. The lowest BCUT2D eigenvalue weighted by molar-refractivity contribution is -0.145. The van der Waals surface area contributed by atoms with E-state index in [4.69, 9.17) is 24.5 Å². The highest BCUT2D eigenvalue weighted by atomic mass is 31.2. The van der Waals surface area contributed by atoms with Crippen LogP contribution in [0.4, 0.5) is 5.82 Å². The predicted molar refractivity (Wildman–Crippen MR) is 131 cm³/mol. The van der Waals surface area contributed by atoms with E-state index in [9.17, 15) is 19.4 Å². The van der Waals surface area contributed by atoms with E-state index in [0.29, 0.717) is 23.4 Å². The molecule has 0 unspecified atom stereocenters. The average molecular weight is 538 g/mol. The molecule has 202 valence electrons. The van der Waals surface area contributed by atoms with E-state index >= 15 is 0 Å².